The molecule has 2 rings (SSSR count). The van der Waals surface area contributed by atoms with Crippen molar-refractivity contribution < 1.29 is 9.53 Å². The number of aryl methyl sites for hydroxylation is 1. The summed E-state index contributed by atoms with van der Waals surface area (Å²) in [6.07, 6.45) is 0. The van der Waals surface area contributed by atoms with Crippen molar-refractivity contribution in [3.05, 3.63) is 46.6 Å². The molecular formula is C14H14ClN3O2. The van der Waals surface area contributed by atoms with Gasteiger partial charge in [0, 0.05) is 16.8 Å². The van der Waals surface area contributed by atoms with Crippen molar-refractivity contribution in [2.75, 3.05) is 11.9 Å². The molecule has 0 spiro atoms. The van der Waals surface area contributed by atoms with E-state index in [9.17, 15) is 4.79 Å². The Morgan fingerprint density at radius 1 is 1.30 bits per heavy atom. The van der Waals surface area contributed by atoms with Crippen LogP contribution in [0.3, 0.4) is 0 Å². The molecule has 0 unspecified atom stereocenters. The van der Waals surface area contributed by atoms with Crippen molar-refractivity contribution >= 4 is 23.2 Å². The Morgan fingerprint density at radius 3 is 2.75 bits per heavy atom. The van der Waals surface area contributed by atoms with Crippen LogP contribution in [-0.2, 0) is 0 Å². The fourth-order valence-electron chi connectivity index (χ4n) is 1.58. The van der Waals surface area contributed by atoms with Gasteiger partial charge in [-0.2, -0.15) is 0 Å². The summed E-state index contributed by atoms with van der Waals surface area (Å²) in [6.45, 7) is 4.24. The average molecular weight is 292 g/mol. The molecule has 0 fully saturated rings. The zero-order valence-electron chi connectivity index (χ0n) is 11.2. The maximum absolute atomic E-state index is 12.0. The van der Waals surface area contributed by atoms with Gasteiger partial charge in [-0.1, -0.05) is 17.7 Å². The smallest absolute Gasteiger partial charge is 0.276 e. The van der Waals surface area contributed by atoms with Crippen LogP contribution in [0.4, 0.5) is 5.69 Å². The van der Waals surface area contributed by atoms with Crippen molar-refractivity contribution in [1.29, 1.82) is 0 Å². The van der Waals surface area contributed by atoms with Crippen LogP contribution < -0.4 is 10.1 Å². The summed E-state index contributed by atoms with van der Waals surface area (Å²) in [6, 6.07) is 8.46. The van der Waals surface area contributed by atoms with E-state index in [-0.39, 0.29) is 11.6 Å². The lowest BCUT2D eigenvalue weighted by Crippen LogP contribution is -2.15. The molecule has 0 aliphatic rings. The van der Waals surface area contributed by atoms with E-state index in [0.29, 0.717) is 23.2 Å². The number of amides is 1. The third kappa shape index (κ3) is 3.45. The Bertz CT molecular complexity index is 614. The second-order valence-electron chi connectivity index (χ2n) is 4.10. The molecule has 20 heavy (non-hydrogen) atoms. The number of carbonyl (C=O) groups excluding carboxylic acids is 1. The SMILES string of the molecule is CCOc1ccc(C(=O)Nc2cc(Cl)ccc2C)nn1. The first-order valence-electron chi connectivity index (χ1n) is 6.14. The molecule has 1 aromatic heterocycles. The Balaban J connectivity index is 2.13. The highest BCUT2D eigenvalue weighted by atomic mass is 35.5. The monoisotopic (exact) mass is 291 g/mol. The Morgan fingerprint density at radius 2 is 2.10 bits per heavy atom. The van der Waals surface area contributed by atoms with Crippen LogP contribution in [0.15, 0.2) is 30.3 Å². The summed E-state index contributed by atoms with van der Waals surface area (Å²) in [5, 5.41) is 10.9. The topological polar surface area (TPSA) is 64.1 Å². The number of rotatable bonds is 4. The van der Waals surface area contributed by atoms with Gasteiger partial charge in [-0.15, -0.1) is 10.2 Å². The van der Waals surface area contributed by atoms with Gasteiger partial charge >= 0.3 is 0 Å². The molecule has 0 saturated carbocycles. The second-order valence-corrected chi connectivity index (χ2v) is 4.54. The highest BCUT2D eigenvalue weighted by molar-refractivity contribution is 6.31. The van der Waals surface area contributed by atoms with E-state index in [1.807, 2.05) is 19.9 Å². The fraction of sp³-hybridized carbons (Fsp3) is 0.214. The minimum atomic E-state index is -0.342. The molecule has 0 aliphatic heterocycles. The number of benzene rings is 1. The molecule has 104 valence electrons. The van der Waals surface area contributed by atoms with E-state index in [0.717, 1.165) is 5.56 Å². The molecule has 0 aliphatic carbocycles. The normalized spacial score (nSPS) is 10.2. The third-order valence-corrected chi connectivity index (χ3v) is 2.85. The van der Waals surface area contributed by atoms with Gasteiger partial charge in [0.05, 0.1) is 6.61 Å². The minimum Gasteiger partial charge on any atom is -0.477 e. The van der Waals surface area contributed by atoms with E-state index < -0.39 is 0 Å². The molecule has 1 amide bonds. The lowest BCUT2D eigenvalue weighted by Gasteiger charge is -2.08. The van der Waals surface area contributed by atoms with Crippen LogP contribution in [0.25, 0.3) is 0 Å². The number of hydrogen-bond donors (Lipinski definition) is 1. The molecular weight excluding hydrogens is 278 g/mol. The number of halogens is 1. The molecule has 5 nitrogen and oxygen atoms in total. The van der Waals surface area contributed by atoms with Gasteiger partial charge in [-0.25, -0.2) is 0 Å². The summed E-state index contributed by atoms with van der Waals surface area (Å²) in [5.74, 6) is 0.0499. The molecule has 0 bridgehead atoms. The first kappa shape index (κ1) is 14.3. The average Bonchev–Trinajstić information content (AvgIpc) is 2.44. The molecule has 0 radical (unpaired) electrons. The second kappa shape index (κ2) is 6.34. The van der Waals surface area contributed by atoms with Crippen LogP contribution in [0, 0.1) is 6.92 Å². The zero-order chi connectivity index (χ0) is 14.5. The summed E-state index contributed by atoms with van der Waals surface area (Å²) in [5.41, 5.74) is 1.78. The number of ether oxygens (including phenoxy) is 1. The van der Waals surface area contributed by atoms with Gasteiger partial charge in [0.15, 0.2) is 5.69 Å². The maximum Gasteiger partial charge on any atom is 0.276 e. The van der Waals surface area contributed by atoms with Crippen LogP contribution in [-0.4, -0.2) is 22.7 Å². The largest absolute Gasteiger partial charge is 0.477 e. The van der Waals surface area contributed by atoms with Crippen molar-refractivity contribution in [2.45, 2.75) is 13.8 Å². The van der Waals surface area contributed by atoms with Gasteiger partial charge in [-0.3, -0.25) is 4.79 Å². The number of nitrogens with zero attached hydrogens (tertiary/aromatic N) is 2. The maximum atomic E-state index is 12.0. The number of anilines is 1. The molecule has 1 N–H and O–H groups in total. The summed E-state index contributed by atoms with van der Waals surface area (Å²) in [7, 11) is 0. The van der Waals surface area contributed by atoms with Crippen molar-refractivity contribution in [1.82, 2.24) is 10.2 Å². The molecule has 6 heteroatoms. The van der Waals surface area contributed by atoms with Crippen LogP contribution in [0.5, 0.6) is 5.88 Å². The van der Waals surface area contributed by atoms with E-state index in [4.69, 9.17) is 16.3 Å². The number of hydrogen-bond acceptors (Lipinski definition) is 4. The van der Waals surface area contributed by atoms with Gasteiger partial charge in [0.2, 0.25) is 5.88 Å². The number of nitrogens with one attached hydrogen (secondary N) is 1. The van der Waals surface area contributed by atoms with Crippen LogP contribution >= 0.6 is 11.6 Å². The highest BCUT2D eigenvalue weighted by Crippen LogP contribution is 2.20. The predicted octanol–water partition coefficient (Wildman–Crippen LogP) is 3.09. The van der Waals surface area contributed by atoms with Crippen LogP contribution in [0.2, 0.25) is 5.02 Å². The van der Waals surface area contributed by atoms with Crippen molar-refractivity contribution in [3.8, 4) is 5.88 Å². The molecule has 1 heterocycles. The molecule has 2 aromatic rings. The minimum absolute atomic E-state index is 0.216. The first-order valence-corrected chi connectivity index (χ1v) is 6.52. The highest BCUT2D eigenvalue weighted by Gasteiger charge is 2.10. The fourth-order valence-corrected chi connectivity index (χ4v) is 1.75. The van der Waals surface area contributed by atoms with Gasteiger partial charge in [0.1, 0.15) is 0 Å². The molecule has 0 saturated heterocycles. The summed E-state index contributed by atoms with van der Waals surface area (Å²) < 4.78 is 5.17. The predicted molar refractivity (Wildman–Crippen MR) is 77.3 cm³/mol. The molecule has 0 atom stereocenters. The lowest BCUT2D eigenvalue weighted by molar-refractivity contribution is 0.102. The van der Waals surface area contributed by atoms with Crippen molar-refractivity contribution in [2.24, 2.45) is 0 Å². The van der Waals surface area contributed by atoms with Gasteiger partial charge < -0.3 is 10.1 Å². The van der Waals surface area contributed by atoms with E-state index >= 15 is 0 Å². The van der Waals surface area contributed by atoms with E-state index in [1.54, 1.807) is 24.3 Å². The zero-order valence-corrected chi connectivity index (χ0v) is 11.9. The quantitative estimate of drug-likeness (QED) is 0.940. The van der Waals surface area contributed by atoms with Crippen molar-refractivity contribution in [3.63, 3.8) is 0 Å². The van der Waals surface area contributed by atoms with E-state index in [1.165, 1.54) is 0 Å². The number of carbonyl (C=O) groups is 1. The standard InChI is InChI=1S/C14H14ClN3O2/c1-3-20-13-7-6-11(17-18-13)14(19)16-12-8-10(15)5-4-9(12)2/h4-8H,3H2,1-2H3,(H,16,19). The van der Waals surface area contributed by atoms with Gasteiger partial charge in [0.25, 0.3) is 5.91 Å². The Hall–Kier alpha value is -2.14. The van der Waals surface area contributed by atoms with Crippen LogP contribution in [0.1, 0.15) is 23.0 Å². The molecule has 1 aromatic carbocycles. The Kier molecular flexibility index (Phi) is 4.53. The Labute approximate surface area is 121 Å². The third-order valence-electron chi connectivity index (χ3n) is 2.61. The first-order chi connectivity index (χ1) is 9.60. The van der Waals surface area contributed by atoms with Gasteiger partial charge in [-0.05, 0) is 37.6 Å². The van der Waals surface area contributed by atoms with E-state index in [2.05, 4.69) is 15.5 Å². The lowest BCUT2D eigenvalue weighted by atomic mass is 10.2. The summed E-state index contributed by atoms with van der Waals surface area (Å²) in [4.78, 5) is 12.0. The summed E-state index contributed by atoms with van der Waals surface area (Å²) >= 11 is 5.91. The number of aromatic nitrogens is 2.